The topological polar surface area (TPSA) is 0 Å². The number of fused-ring (bicyclic) bond motifs is 5. The van der Waals surface area contributed by atoms with E-state index in [0.717, 1.165) is 6.42 Å². The first-order chi connectivity index (χ1) is 9.24. The van der Waals surface area contributed by atoms with Crippen LogP contribution in [-0.4, -0.2) is 0 Å². The van der Waals surface area contributed by atoms with E-state index < -0.39 is 0 Å². The van der Waals surface area contributed by atoms with Crippen LogP contribution in [0.15, 0.2) is 48.5 Å². The third-order valence-corrected chi connectivity index (χ3v) is 4.42. The Morgan fingerprint density at radius 1 is 0.789 bits per heavy atom. The maximum atomic E-state index is 2.36. The van der Waals surface area contributed by atoms with E-state index >= 15 is 0 Å². The molecular weight excluding hydrogens is 228 g/mol. The van der Waals surface area contributed by atoms with Gasteiger partial charge in [0.05, 0.1) is 0 Å². The molecule has 0 nitrogen and oxygen atoms in total. The Bertz CT molecular complexity index is 810. The average Bonchev–Trinajstić information content (AvgIpc) is 2.79. The van der Waals surface area contributed by atoms with Crippen LogP contribution >= 0.6 is 0 Å². The molecule has 0 spiro atoms. The second-order valence-electron chi connectivity index (χ2n) is 5.58. The van der Waals surface area contributed by atoms with Crippen molar-refractivity contribution < 1.29 is 0 Å². The molecule has 0 atom stereocenters. The van der Waals surface area contributed by atoms with Crippen LogP contribution in [0.25, 0.3) is 21.9 Å². The van der Waals surface area contributed by atoms with Crippen molar-refractivity contribution in [3.8, 4) is 11.1 Å². The van der Waals surface area contributed by atoms with Crippen LogP contribution in [0.4, 0.5) is 0 Å². The number of aryl methyl sites for hydroxylation is 2. The molecule has 0 aliphatic heterocycles. The highest BCUT2D eigenvalue weighted by atomic mass is 14.2. The standard InChI is InChI=1S/C19H16/c1-12-9-15-7-8-17-16-6-4-3-5-14(16)11-19(17)18(15)10-13(12)2/h3-10H,11H2,1-2H3. The molecule has 0 radical (unpaired) electrons. The quantitative estimate of drug-likeness (QED) is 0.407. The molecule has 1 aliphatic carbocycles. The Morgan fingerprint density at radius 2 is 1.58 bits per heavy atom. The monoisotopic (exact) mass is 244 g/mol. The normalized spacial score (nSPS) is 12.5. The maximum Gasteiger partial charge on any atom is -0.000728 e. The number of hydrogen-bond donors (Lipinski definition) is 0. The molecule has 0 amide bonds. The van der Waals surface area contributed by atoms with Crippen LogP contribution in [0, 0.1) is 13.8 Å². The molecule has 0 fully saturated rings. The summed E-state index contributed by atoms with van der Waals surface area (Å²) in [6.45, 7) is 4.40. The molecule has 0 N–H and O–H groups in total. The van der Waals surface area contributed by atoms with Gasteiger partial charge in [0.15, 0.2) is 0 Å². The van der Waals surface area contributed by atoms with Gasteiger partial charge < -0.3 is 0 Å². The molecule has 1 aliphatic rings. The lowest BCUT2D eigenvalue weighted by Crippen LogP contribution is -1.88. The van der Waals surface area contributed by atoms with Crippen molar-refractivity contribution in [2.45, 2.75) is 20.3 Å². The number of benzene rings is 3. The fourth-order valence-electron chi connectivity index (χ4n) is 3.23. The van der Waals surface area contributed by atoms with Crippen molar-refractivity contribution in [2.24, 2.45) is 0 Å². The molecule has 0 aromatic heterocycles. The van der Waals surface area contributed by atoms with Gasteiger partial charge in [0, 0.05) is 0 Å². The highest BCUT2D eigenvalue weighted by Gasteiger charge is 2.19. The van der Waals surface area contributed by atoms with Crippen LogP contribution in [0.2, 0.25) is 0 Å². The fourth-order valence-corrected chi connectivity index (χ4v) is 3.23. The molecule has 0 bridgehead atoms. The van der Waals surface area contributed by atoms with Crippen molar-refractivity contribution in [1.29, 1.82) is 0 Å². The minimum absolute atomic E-state index is 1.07. The summed E-state index contributed by atoms with van der Waals surface area (Å²) >= 11 is 0. The minimum Gasteiger partial charge on any atom is -0.0619 e. The molecule has 19 heavy (non-hydrogen) atoms. The zero-order chi connectivity index (χ0) is 13.0. The first-order valence-electron chi connectivity index (χ1n) is 6.85. The van der Waals surface area contributed by atoms with Crippen LogP contribution in [0.3, 0.4) is 0 Å². The third-order valence-electron chi connectivity index (χ3n) is 4.42. The first kappa shape index (κ1) is 10.8. The van der Waals surface area contributed by atoms with E-state index in [4.69, 9.17) is 0 Å². The zero-order valence-corrected chi connectivity index (χ0v) is 11.3. The predicted octanol–water partition coefficient (Wildman–Crippen LogP) is 5.03. The maximum absolute atomic E-state index is 2.36. The second kappa shape index (κ2) is 3.71. The van der Waals surface area contributed by atoms with Gasteiger partial charge in [-0.3, -0.25) is 0 Å². The Balaban J connectivity index is 2.08. The molecule has 0 saturated heterocycles. The van der Waals surface area contributed by atoms with Gasteiger partial charge >= 0.3 is 0 Å². The Labute approximate surface area is 113 Å². The molecule has 0 heteroatoms. The Morgan fingerprint density at radius 3 is 2.47 bits per heavy atom. The molecule has 3 aromatic rings. The summed E-state index contributed by atoms with van der Waals surface area (Å²) in [7, 11) is 0. The van der Waals surface area contributed by atoms with Gasteiger partial charge in [-0.25, -0.2) is 0 Å². The fraction of sp³-hybridized carbons (Fsp3) is 0.158. The van der Waals surface area contributed by atoms with Gasteiger partial charge in [-0.1, -0.05) is 48.5 Å². The summed E-state index contributed by atoms with van der Waals surface area (Å²) in [4.78, 5) is 0. The van der Waals surface area contributed by atoms with E-state index in [0.29, 0.717) is 0 Å². The highest BCUT2D eigenvalue weighted by Crippen LogP contribution is 2.40. The van der Waals surface area contributed by atoms with Crippen LogP contribution in [0.5, 0.6) is 0 Å². The van der Waals surface area contributed by atoms with Gasteiger partial charge in [0.2, 0.25) is 0 Å². The lowest BCUT2D eigenvalue weighted by molar-refractivity contribution is 1.28. The van der Waals surface area contributed by atoms with Crippen molar-refractivity contribution in [2.75, 3.05) is 0 Å². The van der Waals surface area contributed by atoms with E-state index in [1.54, 1.807) is 0 Å². The summed E-state index contributed by atoms with van der Waals surface area (Å²) in [6.07, 6.45) is 1.07. The Hall–Kier alpha value is -2.08. The van der Waals surface area contributed by atoms with Crippen molar-refractivity contribution >= 4 is 10.8 Å². The van der Waals surface area contributed by atoms with E-state index in [1.807, 2.05) is 0 Å². The van der Waals surface area contributed by atoms with Gasteiger partial charge in [-0.15, -0.1) is 0 Å². The lowest BCUT2D eigenvalue weighted by Gasteiger charge is -2.09. The lowest BCUT2D eigenvalue weighted by atomic mass is 9.96. The molecule has 4 rings (SSSR count). The Kier molecular flexibility index (Phi) is 2.11. The summed E-state index contributed by atoms with van der Waals surface area (Å²) < 4.78 is 0. The predicted molar refractivity (Wildman–Crippen MR) is 81.7 cm³/mol. The molecular formula is C19H16. The number of rotatable bonds is 0. The first-order valence-corrected chi connectivity index (χ1v) is 6.85. The summed E-state index contributed by atoms with van der Waals surface area (Å²) in [5.41, 5.74) is 8.56. The zero-order valence-electron chi connectivity index (χ0n) is 11.3. The molecule has 0 unspecified atom stereocenters. The highest BCUT2D eigenvalue weighted by molar-refractivity contribution is 5.95. The van der Waals surface area contributed by atoms with Crippen LogP contribution < -0.4 is 0 Å². The third kappa shape index (κ3) is 1.46. The van der Waals surface area contributed by atoms with E-state index in [1.165, 1.54) is 44.2 Å². The van der Waals surface area contributed by atoms with Crippen molar-refractivity contribution in [3.05, 3.63) is 70.8 Å². The van der Waals surface area contributed by atoms with E-state index in [-0.39, 0.29) is 0 Å². The van der Waals surface area contributed by atoms with Gasteiger partial charge in [0.25, 0.3) is 0 Å². The van der Waals surface area contributed by atoms with Crippen LogP contribution in [-0.2, 0) is 6.42 Å². The summed E-state index contributed by atoms with van der Waals surface area (Å²) in [6, 6.07) is 18.0. The van der Waals surface area contributed by atoms with Gasteiger partial charge in [-0.05, 0) is 64.4 Å². The van der Waals surface area contributed by atoms with Gasteiger partial charge in [0.1, 0.15) is 0 Å². The average molecular weight is 244 g/mol. The largest absolute Gasteiger partial charge is 0.0619 e. The number of hydrogen-bond acceptors (Lipinski definition) is 0. The minimum atomic E-state index is 1.07. The van der Waals surface area contributed by atoms with Crippen molar-refractivity contribution in [1.82, 2.24) is 0 Å². The molecule has 92 valence electrons. The molecule has 0 saturated carbocycles. The second-order valence-corrected chi connectivity index (χ2v) is 5.58. The van der Waals surface area contributed by atoms with Crippen LogP contribution in [0.1, 0.15) is 22.3 Å². The van der Waals surface area contributed by atoms with Gasteiger partial charge in [-0.2, -0.15) is 0 Å². The molecule has 3 aromatic carbocycles. The smallest absolute Gasteiger partial charge is 0.000728 e. The summed E-state index contributed by atoms with van der Waals surface area (Å²) in [5.74, 6) is 0. The van der Waals surface area contributed by atoms with E-state index in [9.17, 15) is 0 Å². The molecule has 0 heterocycles. The summed E-state index contributed by atoms with van der Waals surface area (Å²) in [5, 5.41) is 2.80. The van der Waals surface area contributed by atoms with Crippen molar-refractivity contribution in [3.63, 3.8) is 0 Å². The van der Waals surface area contributed by atoms with E-state index in [2.05, 4.69) is 62.4 Å². The SMILES string of the molecule is Cc1cc2ccc3c(c2cc1C)Cc1ccccc1-3.